The highest BCUT2D eigenvalue weighted by Crippen LogP contribution is 2.45. The predicted molar refractivity (Wildman–Crippen MR) is 104 cm³/mol. The minimum Gasteiger partial charge on any atom is -0.488 e. The molecule has 1 aliphatic heterocycles. The van der Waals surface area contributed by atoms with Crippen molar-refractivity contribution >= 4 is 27.7 Å². The highest BCUT2D eigenvalue weighted by atomic mass is 79.9. The van der Waals surface area contributed by atoms with Gasteiger partial charge in [0, 0.05) is 24.4 Å². The van der Waals surface area contributed by atoms with E-state index in [0.717, 1.165) is 24.2 Å². The molecule has 8 heteroatoms. The van der Waals surface area contributed by atoms with Crippen LogP contribution in [0.2, 0.25) is 0 Å². The van der Waals surface area contributed by atoms with Gasteiger partial charge in [0.25, 0.3) is 0 Å². The molecule has 0 unspecified atom stereocenters. The van der Waals surface area contributed by atoms with Crippen LogP contribution in [0.4, 0.5) is 4.79 Å². The van der Waals surface area contributed by atoms with Gasteiger partial charge in [-0.3, -0.25) is 4.40 Å². The summed E-state index contributed by atoms with van der Waals surface area (Å²) in [6.07, 6.45) is 5.94. The second-order valence-electron chi connectivity index (χ2n) is 8.37. The summed E-state index contributed by atoms with van der Waals surface area (Å²) in [7, 11) is 0. The second-order valence-corrected chi connectivity index (χ2v) is 9.08. The molecule has 1 amide bonds. The van der Waals surface area contributed by atoms with Crippen LogP contribution in [-0.4, -0.2) is 50.4 Å². The molecule has 1 saturated heterocycles. The molecule has 4 rings (SSSR count). The molecule has 7 nitrogen and oxygen atoms in total. The first kappa shape index (κ1) is 18.5. The van der Waals surface area contributed by atoms with Crippen LogP contribution in [0.3, 0.4) is 0 Å². The van der Waals surface area contributed by atoms with Crippen LogP contribution in [0.15, 0.2) is 17.0 Å². The molecule has 146 valence electrons. The van der Waals surface area contributed by atoms with E-state index < -0.39 is 5.60 Å². The summed E-state index contributed by atoms with van der Waals surface area (Å²) in [5, 5.41) is 8.26. The Bertz CT molecular complexity index is 856. The molecule has 2 fully saturated rings. The Labute approximate surface area is 167 Å². The van der Waals surface area contributed by atoms with E-state index in [2.05, 4.69) is 32.3 Å². The van der Waals surface area contributed by atoms with Gasteiger partial charge in [0.05, 0.1) is 6.54 Å². The minimum absolute atomic E-state index is 0.0439. The lowest BCUT2D eigenvalue weighted by molar-refractivity contribution is 0.00766. The Kier molecular flexibility index (Phi) is 4.78. The molecule has 2 aromatic heterocycles. The average Bonchev–Trinajstić information content (AvgIpc) is 3.38. The van der Waals surface area contributed by atoms with Crippen molar-refractivity contribution in [3.63, 3.8) is 0 Å². The van der Waals surface area contributed by atoms with Crippen molar-refractivity contribution in [2.75, 3.05) is 13.1 Å². The topological polar surface area (TPSA) is 69.0 Å². The van der Waals surface area contributed by atoms with Gasteiger partial charge in [0.15, 0.2) is 5.65 Å². The van der Waals surface area contributed by atoms with Crippen molar-refractivity contribution in [3.8, 4) is 5.75 Å². The van der Waals surface area contributed by atoms with Gasteiger partial charge < -0.3 is 14.4 Å². The number of piperidine rings is 1. The van der Waals surface area contributed by atoms with Crippen molar-refractivity contribution in [1.82, 2.24) is 19.5 Å². The van der Waals surface area contributed by atoms with Crippen LogP contribution in [0.25, 0.3) is 5.65 Å². The third-order valence-electron chi connectivity index (χ3n) is 4.83. The van der Waals surface area contributed by atoms with E-state index in [1.54, 1.807) is 4.90 Å². The molecule has 0 N–H and O–H groups in total. The molecular weight excluding hydrogens is 412 g/mol. The summed E-state index contributed by atoms with van der Waals surface area (Å²) in [6.45, 7) is 6.91. The van der Waals surface area contributed by atoms with Gasteiger partial charge >= 0.3 is 6.09 Å². The van der Waals surface area contributed by atoms with Crippen LogP contribution in [-0.2, 0) is 4.74 Å². The number of nitrogens with zero attached hydrogens (tertiary/aromatic N) is 4. The summed E-state index contributed by atoms with van der Waals surface area (Å²) in [5.41, 5.74) is 1.45. The van der Waals surface area contributed by atoms with Crippen molar-refractivity contribution in [1.29, 1.82) is 0 Å². The number of rotatable bonds is 3. The van der Waals surface area contributed by atoms with Gasteiger partial charge in [0.2, 0.25) is 4.73 Å². The van der Waals surface area contributed by atoms with E-state index in [0.29, 0.717) is 23.7 Å². The lowest BCUT2D eigenvalue weighted by Gasteiger charge is -2.34. The van der Waals surface area contributed by atoms with Crippen LogP contribution in [0.1, 0.15) is 57.9 Å². The number of pyridine rings is 1. The third kappa shape index (κ3) is 4.20. The Morgan fingerprint density at radius 3 is 2.74 bits per heavy atom. The monoisotopic (exact) mass is 436 g/mol. The molecule has 1 aliphatic carbocycles. The third-order valence-corrected chi connectivity index (χ3v) is 5.37. The summed E-state index contributed by atoms with van der Waals surface area (Å²) < 4.78 is 14.5. The zero-order valence-corrected chi connectivity index (χ0v) is 17.5. The zero-order valence-electron chi connectivity index (χ0n) is 15.9. The SMILES string of the molecule is CC(C)(C)OC(=O)N1CCC[C@@H](Oc2cc3nnc(Br)n3cc2C2CC2)C1. The second kappa shape index (κ2) is 6.96. The first-order chi connectivity index (χ1) is 12.8. The number of halogens is 1. The largest absolute Gasteiger partial charge is 0.488 e. The van der Waals surface area contributed by atoms with Crippen molar-refractivity contribution in [3.05, 3.63) is 22.6 Å². The maximum Gasteiger partial charge on any atom is 0.410 e. The summed E-state index contributed by atoms with van der Waals surface area (Å²) in [6, 6.07) is 1.96. The van der Waals surface area contributed by atoms with E-state index in [-0.39, 0.29) is 12.2 Å². The lowest BCUT2D eigenvalue weighted by atomic mass is 10.1. The number of likely N-dealkylation sites (tertiary alicyclic amines) is 1. The fourth-order valence-corrected chi connectivity index (χ4v) is 3.78. The van der Waals surface area contributed by atoms with E-state index in [9.17, 15) is 4.79 Å². The molecule has 0 bridgehead atoms. The number of fused-ring (bicyclic) bond motifs is 1. The molecule has 0 radical (unpaired) electrons. The Hall–Kier alpha value is -1.83. The Morgan fingerprint density at radius 2 is 2.04 bits per heavy atom. The number of aromatic nitrogens is 3. The summed E-state index contributed by atoms with van der Waals surface area (Å²) >= 11 is 3.43. The summed E-state index contributed by atoms with van der Waals surface area (Å²) in [4.78, 5) is 14.1. The minimum atomic E-state index is -0.490. The predicted octanol–water partition coefficient (Wildman–Crippen LogP) is 4.15. The molecule has 1 saturated carbocycles. The number of amides is 1. The highest BCUT2D eigenvalue weighted by molar-refractivity contribution is 9.10. The summed E-state index contributed by atoms with van der Waals surface area (Å²) in [5.74, 6) is 1.39. The Morgan fingerprint density at radius 1 is 1.26 bits per heavy atom. The van der Waals surface area contributed by atoms with Crippen LogP contribution in [0, 0.1) is 0 Å². The fraction of sp³-hybridized carbons (Fsp3) is 0.632. The van der Waals surface area contributed by atoms with E-state index in [1.807, 2.05) is 31.2 Å². The first-order valence-electron chi connectivity index (χ1n) is 9.49. The van der Waals surface area contributed by atoms with Crippen LogP contribution >= 0.6 is 15.9 Å². The number of carbonyl (C=O) groups excluding carboxylic acids is 1. The van der Waals surface area contributed by atoms with Crippen molar-refractivity contribution < 1.29 is 14.3 Å². The van der Waals surface area contributed by atoms with Gasteiger partial charge in [0.1, 0.15) is 17.5 Å². The molecule has 2 aromatic rings. The molecule has 0 aromatic carbocycles. The lowest BCUT2D eigenvalue weighted by Crippen LogP contribution is -2.46. The fourth-order valence-electron chi connectivity index (χ4n) is 3.41. The molecule has 1 atom stereocenters. The van der Waals surface area contributed by atoms with Crippen molar-refractivity contribution in [2.45, 2.75) is 64.1 Å². The number of hydrogen-bond acceptors (Lipinski definition) is 5. The highest BCUT2D eigenvalue weighted by Gasteiger charge is 2.32. The molecule has 27 heavy (non-hydrogen) atoms. The van der Waals surface area contributed by atoms with E-state index >= 15 is 0 Å². The first-order valence-corrected chi connectivity index (χ1v) is 10.3. The maximum absolute atomic E-state index is 12.4. The number of hydrogen-bond donors (Lipinski definition) is 0. The van der Waals surface area contributed by atoms with Crippen LogP contribution in [0.5, 0.6) is 5.75 Å². The molecular formula is C19H25BrN4O3. The van der Waals surface area contributed by atoms with Crippen LogP contribution < -0.4 is 4.74 Å². The molecule has 3 heterocycles. The standard InChI is InChI=1S/C19H25BrN4O3/c1-19(2,3)27-18(25)23-8-4-5-13(10-23)26-15-9-16-21-22-17(20)24(16)11-14(15)12-6-7-12/h9,11-13H,4-8,10H2,1-3H3/t13-/m1/s1. The zero-order chi connectivity index (χ0) is 19.2. The Balaban J connectivity index is 1.51. The number of ether oxygens (including phenoxy) is 2. The van der Waals surface area contributed by atoms with E-state index in [4.69, 9.17) is 9.47 Å². The van der Waals surface area contributed by atoms with Gasteiger partial charge in [-0.1, -0.05) is 0 Å². The smallest absolute Gasteiger partial charge is 0.410 e. The average molecular weight is 437 g/mol. The van der Waals surface area contributed by atoms with Crippen molar-refractivity contribution in [2.24, 2.45) is 0 Å². The maximum atomic E-state index is 12.4. The van der Waals surface area contributed by atoms with Gasteiger partial charge in [-0.2, -0.15) is 0 Å². The molecule has 2 aliphatic rings. The quantitative estimate of drug-likeness (QED) is 0.722. The molecule has 0 spiro atoms. The van der Waals surface area contributed by atoms with E-state index in [1.165, 1.54) is 18.4 Å². The normalized spacial score (nSPS) is 20.7. The van der Waals surface area contributed by atoms with Gasteiger partial charge in [-0.15, -0.1) is 10.2 Å². The van der Waals surface area contributed by atoms with Gasteiger partial charge in [-0.05, 0) is 68.3 Å². The number of carbonyl (C=O) groups is 1. The van der Waals surface area contributed by atoms with Gasteiger partial charge in [-0.25, -0.2) is 4.79 Å².